The molecule has 0 radical (unpaired) electrons. The fourth-order valence-corrected chi connectivity index (χ4v) is 2.35. The van der Waals surface area contributed by atoms with Crippen molar-refractivity contribution in [3.8, 4) is 10.7 Å². The molecule has 78 valence electrons. The molecule has 5 nitrogen and oxygen atoms in total. The summed E-state index contributed by atoms with van der Waals surface area (Å²) in [5.41, 5.74) is 0.755. The Kier molecular flexibility index (Phi) is 2.74. The van der Waals surface area contributed by atoms with Crippen molar-refractivity contribution in [3.05, 3.63) is 15.4 Å². The summed E-state index contributed by atoms with van der Waals surface area (Å²) < 4.78 is 4.54. The first-order chi connectivity index (χ1) is 7.20. The number of nitrogens with zero attached hydrogens (tertiary/aromatic N) is 3. The zero-order chi connectivity index (χ0) is 10.8. The number of aryl methyl sites for hydroxylation is 1. The fourth-order valence-electron chi connectivity index (χ4n) is 0.958. The molecule has 15 heavy (non-hydrogen) atoms. The van der Waals surface area contributed by atoms with E-state index in [1.165, 1.54) is 29.8 Å². The molecule has 0 aliphatic carbocycles. The second-order valence-corrected chi connectivity index (χ2v) is 4.70. The van der Waals surface area contributed by atoms with Gasteiger partial charge in [-0.15, -0.1) is 21.5 Å². The minimum atomic E-state index is -0.467. The molecule has 0 unspecified atom stereocenters. The number of thiazole rings is 1. The van der Waals surface area contributed by atoms with E-state index in [0.717, 1.165) is 10.7 Å². The maximum atomic E-state index is 11.1. The summed E-state index contributed by atoms with van der Waals surface area (Å²) >= 11 is 2.71. The molecule has 0 atom stereocenters. The Bertz CT molecular complexity index is 492. The van der Waals surface area contributed by atoms with Crippen molar-refractivity contribution in [1.82, 2.24) is 15.2 Å². The molecule has 2 rings (SSSR count). The SMILES string of the molecule is COC(=O)c1nnc(-c2csc(C)n2)s1. The van der Waals surface area contributed by atoms with Crippen LogP contribution in [0.4, 0.5) is 0 Å². The molecule has 2 aromatic rings. The van der Waals surface area contributed by atoms with Gasteiger partial charge in [-0.25, -0.2) is 9.78 Å². The van der Waals surface area contributed by atoms with Gasteiger partial charge < -0.3 is 4.74 Å². The van der Waals surface area contributed by atoms with Gasteiger partial charge in [-0.3, -0.25) is 0 Å². The van der Waals surface area contributed by atoms with E-state index in [9.17, 15) is 4.79 Å². The molecule has 0 fully saturated rings. The molecule has 0 N–H and O–H groups in total. The second-order valence-electron chi connectivity index (χ2n) is 2.66. The summed E-state index contributed by atoms with van der Waals surface area (Å²) in [5.74, 6) is -0.467. The van der Waals surface area contributed by atoms with Crippen LogP contribution in [0.5, 0.6) is 0 Å². The van der Waals surface area contributed by atoms with E-state index < -0.39 is 5.97 Å². The first kappa shape index (κ1) is 10.2. The molecule has 0 amide bonds. The van der Waals surface area contributed by atoms with Crippen molar-refractivity contribution in [2.24, 2.45) is 0 Å². The van der Waals surface area contributed by atoms with Crippen molar-refractivity contribution >= 4 is 28.6 Å². The van der Waals surface area contributed by atoms with Crippen LogP contribution in [0, 0.1) is 6.92 Å². The van der Waals surface area contributed by atoms with E-state index in [2.05, 4.69) is 19.9 Å². The van der Waals surface area contributed by atoms with E-state index in [0.29, 0.717) is 5.01 Å². The van der Waals surface area contributed by atoms with Gasteiger partial charge in [0, 0.05) is 5.38 Å². The summed E-state index contributed by atoms with van der Waals surface area (Å²) in [6.45, 7) is 1.91. The van der Waals surface area contributed by atoms with Crippen molar-refractivity contribution in [1.29, 1.82) is 0 Å². The molecular formula is C8H7N3O2S2. The first-order valence-electron chi connectivity index (χ1n) is 4.05. The molecule has 0 spiro atoms. The summed E-state index contributed by atoms with van der Waals surface area (Å²) in [4.78, 5) is 15.4. The zero-order valence-corrected chi connectivity index (χ0v) is 9.68. The third kappa shape index (κ3) is 2.02. The lowest BCUT2D eigenvalue weighted by atomic mass is 10.5. The first-order valence-corrected chi connectivity index (χ1v) is 5.74. The Morgan fingerprint density at radius 3 is 2.87 bits per heavy atom. The third-order valence-electron chi connectivity index (χ3n) is 1.62. The summed E-state index contributed by atoms with van der Waals surface area (Å²) in [5, 5.41) is 11.3. The van der Waals surface area contributed by atoms with Crippen LogP contribution < -0.4 is 0 Å². The summed E-state index contributed by atoms with van der Waals surface area (Å²) in [6, 6.07) is 0. The molecule has 0 saturated carbocycles. The summed E-state index contributed by atoms with van der Waals surface area (Å²) in [7, 11) is 1.32. The smallest absolute Gasteiger partial charge is 0.369 e. The molecule has 2 aromatic heterocycles. The van der Waals surface area contributed by atoms with E-state index in [-0.39, 0.29) is 5.01 Å². The predicted molar refractivity (Wildman–Crippen MR) is 57.1 cm³/mol. The van der Waals surface area contributed by atoms with Crippen molar-refractivity contribution in [2.45, 2.75) is 6.92 Å². The van der Waals surface area contributed by atoms with E-state index in [1.807, 2.05) is 12.3 Å². The molecular weight excluding hydrogens is 234 g/mol. The van der Waals surface area contributed by atoms with Gasteiger partial charge in [-0.05, 0) is 6.92 Å². The van der Waals surface area contributed by atoms with E-state index in [4.69, 9.17) is 0 Å². The van der Waals surface area contributed by atoms with Gasteiger partial charge in [0.2, 0.25) is 5.01 Å². The highest BCUT2D eigenvalue weighted by Crippen LogP contribution is 2.24. The normalized spacial score (nSPS) is 10.3. The van der Waals surface area contributed by atoms with Crippen LogP contribution in [-0.4, -0.2) is 28.3 Å². The Hall–Kier alpha value is -1.34. The van der Waals surface area contributed by atoms with Gasteiger partial charge in [0.1, 0.15) is 5.69 Å². The monoisotopic (exact) mass is 241 g/mol. The Balaban J connectivity index is 2.31. The van der Waals surface area contributed by atoms with Gasteiger partial charge in [0.15, 0.2) is 5.01 Å². The number of rotatable bonds is 2. The number of carbonyl (C=O) groups excluding carboxylic acids is 1. The minimum Gasteiger partial charge on any atom is -0.464 e. The Labute approximate surface area is 93.8 Å². The average Bonchev–Trinajstić information content (AvgIpc) is 2.84. The zero-order valence-electron chi connectivity index (χ0n) is 8.05. The lowest BCUT2D eigenvalue weighted by Crippen LogP contribution is -1.99. The van der Waals surface area contributed by atoms with Crippen molar-refractivity contribution in [3.63, 3.8) is 0 Å². The number of esters is 1. The van der Waals surface area contributed by atoms with Crippen LogP contribution >= 0.6 is 22.7 Å². The lowest BCUT2D eigenvalue weighted by Gasteiger charge is -1.88. The minimum absolute atomic E-state index is 0.248. The molecule has 0 bridgehead atoms. The highest BCUT2D eigenvalue weighted by Gasteiger charge is 2.15. The number of aromatic nitrogens is 3. The number of methoxy groups -OCH3 is 1. The highest BCUT2D eigenvalue weighted by atomic mass is 32.1. The number of ether oxygens (including phenoxy) is 1. The van der Waals surface area contributed by atoms with Gasteiger partial charge >= 0.3 is 5.97 Å². The Morgan fingerprint density at radius 2 is 2.27 bits per heavy atom. The van der Waals surface area contributed by atoms with Gasteiger partial charge in [0.25, 0.3) is 0 Å². The topological polar surface area (TPSA) is 65.0 Å². The van der Waals surface area contributed by atoms with Crippen LogP contribution in [0.15, 0.2) is 5.38 Å². The Morgan fingerprint density at radius 1 is 1.47 bits per heavy atom. The quantitative estimate of drug-likeness (QED) is 0.749. The number of hydrogen-bond donors (Lipinski definition) is 0. The molecule has 0 aliphatic rings. The van der Waals surface area contributed by atoms with E-state index in [1.54, 1.807) is 0 Å². The van der Waals surface area contributed by atoms with E-state index >= 15 is 0 Å². The van der Waals surface area contributed by atoms with Crippen LogP contribution in [-0.2, 0) is 4.74 Å². The van der Waals surface area contributed by atoms with Crippen LogP contribution in [0.2, 0.25) is 0 Å². The van der Waals surface area contributed by atoms with Crippen LogP contribution in [0.25, 0.3) is 10.7 Å². The largest absolute Gasteiger partial charge is 0.464 e. The van der Waals surface area contributed by atoms with Crippen molar-refractivity contribution < 1.29 is 9.53 Å². The van der Waals surface area contributed by atoms with Crippen LogP contribution in [0.3, 0.4) is 0 Å². The van der Waals surface area contributed by atoms with Crippen LogP contribution in [0.1, 0.15) is 14.8 Å². The molecule has 0 saturated heterocycles. The summed E-state index contributed by atoms with van der Waals surface area (Å²) in [6.07, 6.45) is 0. The number of carbonyl (C=O) groups is 1. The third-order valence-corrected chi connectivity index (χ3v) is 3.32. The standard InChI is InChI=1S/C8H7N3O2S2/c1-4-9-5(3-14-4)6-10-11-7(15-6)8(12)13-2/h3H,1-2H3. The number of hydrogen-bond acceptors (Lipinski definition) is 7. The molecule has 7 heteroatoms. The maximum absolute atomic E-state index is 11.1. The van der Waals surface area contributed by atoms with Gasteiger partial charge in [-0.2, -0.15) is 0 Å². The molecule has 0 aromatic carbocycles. The van der Waals surface area contributed by atoms with Gasteiger partial charge in [-0.1, -0.05) is 11.3 Å². The molecule has 2 heterocycles. The average molecular weight is 241 g/mol. The highest BCUT2D eigenvalue weighted by molar-refractivity contribution is 7.17. The predicted octanol–water partition coefficient (Wildman–Crippen LogP) is 1.76. The van der Waals surface area contributed by atoms with Gasteiger partial charge in [0.05, 0.1) is 12.1 Å². The van der Waals surface area contributed by atoms with Crippen molar-refractivity contribution in [2.75, 3.05) is 7.11 Å². The molecule has 0 aliphatic heterocycles. The lowest BCUT2D eigenvalue weighted by molar-refractivity contribution is 0.0599. The second kappa shape index (κ2) is 4.03. The maximum Gasteiger partial charge on any atom is 0.369 e. The fraction of sp³-hybridized carbons (Fsp3) is 0.250.